The van der Waals surface area contributed by atoms with Crippen molar-refractivity contribution in [3.63, 3.8) is 0 Å². The molecule has 0 bridgehead atoms. The van der Waals surface area contributed by atoms with Crippen LogP contribution in [-0.2, 0) is 14.6 Å². The van der Waals surface area contributed by atoms with Gasteiger partial charge in [-0.2, -0.15) is 0 Å². The molecule has 0 aliphatic carbocycles. The molecule has 2 heterocycles. The zero-order valence-electron chi connectivity index (χ0n) is 16.4. The fourth-order valence-electron chi connectivity index (χ4n) is 3.36. The second-order valence-electron chi connectivity index (χ2n) is 7.26. The third-order valence-electron chi connectivity index (χ3n) is 4.92. The summed E-state index contributed by atoms with van der Waals surface area (Å²) in [6.45, 7) is 1.76. The summed E-state index contributed by atoms with van der Waals surface area (Å²) in [6.07, 6.45) is 0.459. The highest BCUT2D eigenvalue weighted by Gasteiger charge is 2.30. The Labute approximate surface area is 180 Å². The molecule has 30 heavy (non-hydrogen) atoms. The van der Waals surface area contributed by atoms with E-state index in [4.69, 9.17) is 4.42 Å². The van der Waals surface area contributed by atoms with E-state index in [9.17, 15) is 13.2 Å². The minimum atomic E-state index is -3.04. The predicted molar refractivity (Wildman–Crippen MR) is 118 cm³/mol. The van der Waals surface area contributed by atoms with Crippen LogP contribution in [0.15, 0.2) is 70.3 Å². The van der Waals surface area contributed by atoms with Crippen molar-refractivity contribution in [3.05, 3.63) is 60.7 Å². The summed E-state index contributed by atoms with van der Waals surface area (Å²) in [5, 5.41) is 2.76. The molecule has 1 aliphatic heterocycles. The Hall–Kier alpha value is -2.58. The van der Waals surface area contributed by atoms with Gasteiger partial charge in [0.25, 0.3) is 5.22 Å². The van der Waals surface area contributed by atoms with Crippen LogP contribution in [0.4, 0.5) is 0 Å². The second-order valence-corrected chi connectivity index (χ2v) is 10.8. The summed E-state index contributed by atoms with van der Waals surface area (Å²) in [7, 11) is -3.04. The summed E-state index contributed by atoms with van der Waals surface area (Å²) in [6, 6.07) is 19.2. The number of hydrogen-bond donors (Lipinski definition) is 1. The smallest absolute Gasteiger partial charge is 0.257 e. The number of amides is 1. The third kappa shape index (κ3) is 4.76. The number of benzene rings is 2. The number of carbonyl (C=O) groups is 1. The van der Waals surface area contributed by atoms with Crippen LogP contribution in [-0.4, -0.2) is 42.1 Å². The van der Waals surface area contributed by atoms with Crippen molar-refractivity contribution < 1.29 is 17.6 Å². The van der Waals surface area contributed by atoms with Crippen molar-refractivity contribution >= 4 is 27.5 Å². The van der Waals surface area contributed by atoms with Crippen LogP contribution in [0, 0.1) is 0 Å². The topological polar surface area (TPSA) is 89.3 Å². The van der Waals surface area contributed by atoms with Gasteiger partial charge in [0.15, 0.2) is 15.6 Å². The summed E-state index contributed by atoms with van der Waals surface area (Å²) in [4.78, 5) is 17.2. The normalized spacial score (nSPS) is 18.8. The van der Waals surface area contributed by atoms with Gasteiger partial charge in [0.1, 0.15) is 5.69 Å². The second kappa shape index (κ2) is 8.65. The maximum Gasteiger partial charge on any atom is 0.257 e. The molecule has 156 valence electrons. The number of nitrogens with zero attached hydrogens (tertiary/aromatic N) is 1. The molecule has 1 saturated heterocycles. The monoisotopic (exact) mass is 442 g/mol. The van der Waals surface area contributed by atoms with Gasteiger partial charge in [0, 0.05) is 17.2 Å². The van der Waals surface area contributed by atoms with Crippen LogP contribution in [0.25, 0.3) is 22.6 Å². The van der Waals surface area contributed by atoms with Crippen LogP contribution in [0.1, 0.15) is 13.3 Å². The Morgan fingerprint density at radius 3 is 2.33 bits per heavy atom. The quantitative estimate of drug-likeness (QED) is 0.584. The van der Waals surface area contributed by atoms with Crippen molar-refractivity contribution in [2.24, 2.45) is 0 Å². The number of aromatic nitrogens is 1. The number of nitrogens with one attached hydrogen (secondary N) is 1. The van der Waals surface area contributed by atoms with Crippen LogP contribution in [0.5, 0.6) is 0 Å². The molecular formula is C22H22N2O4S2. The number of hydrogen-bond acceptors (Lipinski definition) is 6. The minimum absolute atomic E-state index is 0.00540. The molecule has 0 saturated carbocycles. The summed E-state index contributed by atoms with van der Waals surface area (Å²) in [5.41, 5.74) is 2.56. The Balaban J connectivity index is 1.54. The molecule has 2 atom stereocenters. The lowest BCUT2D eigenvalue weighted by Gasteiger charge is -2.14. The lowest BCUT2D eigenvalue weighted by molar-refractivity contribution is -0.120. The number of rotatable bonds is 6. The molecule has 0 spiro atoms. The van der Waals surface area contributed by atoms with Gasteiger partial charge in [-0.3, -0.25) is 4.79 Å². The molecule has 1 amide bonds. The summed E-state index contributed by atoms with van der Waals surface area (Å²) >= 11 is 1.22. The summed E-state index contributed by atoms with van der Waals surface area (Å²) in [5.74, 6) is 0.563. The first-order valence-electron chi connectivity index (χ1n) is 9.70. The first-order valence-corrected chi connectivity index (χ1v) is 12.4. The first-order chi connectivity index (χ1) is 14.4. The van der Waals surface area contributed by atoms with Gasteiger partial charge in [-0.25, -0.2) is 13.4 Å². The van der Waals surface area contributed by atoms with E-state index < -0.39 is 15.1 Å². The van der Waals surface area contributed by atoms with Gasteiger partial charge >= 0.3 is 0 Å². The van der Waals surface area contributed by atoms with E-state index >= 15 is 0 Å². The van der Waals surface area contributed by atoms with Gasteiger partial charge in [-0.05, 0) is 13.3 Å². The van der Waals surface area contributed by atoms with Gasteiger partial charge in [0.05, 0.1) is 16.8 Å². The molecule has 2 aromatic carbocycles. The maximum absolute atomic E-state index is 12.5. The molecule has 3 aromatic rings. The number of sulfone groups is 1. The number of thioether (sulfide) groups is 1. The Morgan fingerprint density at radius 2 is 1.73 bits per heavy atom. The van der Waals surface area contributed by atoms with E-state index in [1.54, 1.807) is 6.92 Å². The van der Waals surface area contributed by atoms with Gasteiger partial charge in [-0.1, -0.05) is 72.4 Å². The van der Waals surface area contributed by atoms with Gasteiger partial charge < -0.3 is 9.73 Å². The Kier molecular flexibility index (Phi) is 5.97. The lowest BCUT2D eigenvalue weighted by Crippen LogP contribution is -2.39. The highest BCUT2D eigenvalue weighted by molar-refractivity contribution is 8.00. The Bertz CT molecular complexity index is 1070. The third-order valence-corrected chi connectivity index (χ3v) is 7.63. The van der Waals surface area contributed by atoms with Crippen molar-refractivity contribution in [3.8, 4) is 22.6 Å². The predicted octanol–water partition coefficient (Wildman–Crippen LogP) is 3.79. The fraction of sp³-hybridized carbons (Fsp3) is 0.273. The molecule has 6 nitrogen and oxygen atoms in total. The molecule has 2 unspecified atom stereocenters. The molecular weight excluding hydrogens is 420 g/mol. The molecule has 0 radical (unpaired) electrons. The molecule has 8 heteroatoms. The van der Waals surface area contributed by atoms with Crippen LogP contribution < -0.4 is 5.32 Å². The SMILES string of the molecule is CC(Sc1nc(-c2ccccc2)c(-c2ccccc2)o1)C(=O)NC1CCS(=O)(=O)C1. The summed E-state index contributed by atoms with van der Waals surface area (Å²) < 4.78 is 29.3. The van der Waals surface area contributed by atoms with Gasteiger partial charge in [0.2, 0.25) is 5.91 Å². The van der Waals surface area contributed by atoms with Crippen molar-refractivity contribution in [2.75, 3.05) is 11.5 Å². The highest BCUT2D eigenvalue weighted by atomic mass is 32.2. The fourth-order valence-corrected chi connectivity index (χ4v) is 5.79. The first kappa shape index (κ1) is 20.7. The van der Waals surface area contributed by atoms with Crippen molar-refractivity contribution in [1.82, 2.24) is 10.3 Å². The largest absolute Gasteiger partial charge is 0.431 e. The lowest BCUT2D eigenvalue weighted by atomic mass is 10.1. The number of oxazole rings is 1. The standard InChI is InChI=1S/C22H22N2O4S2/c1-15(21(25)23-18-12-13-30(26,27)14-18)29-22-24-19(16-8-4-2-5-9-16)20(28-22)17-10-6-3-7-11-17/h2-11,15,18H,12-14H2,1H3,(H,23,25). The molecule has 1 aliphatic rings. The van der Waals surface area contributed by atoms with E-state index in [1.165, 1.54) is 11.8 Å². The minimum Gasteiger partial charge on any atom is -0.431 e. The van der Waals surface area contributed by atoms with Gasteiger partial charge in [-0.15, -0.1) is 0 Å². The maximum atomic E-state index is 12.5. The molecule has 1 fully saturated rings. The van der Waals surface area contributed by atoms with Crippen LogP contribution in [0.2, 0.25) is 0 Å². The zero-order chi connectivity index (χ0) is 21.1. The van der Waals surface area contributed by atoms with E-state index in [0.717, 1.165) is 16.8 Å². The molecule has 4 rings (SSSR count). The average Bonchev–Trinajstić information content (AvgIpc) is 3.32. The van der Waals surface area contributed by atoms with E-state index in [-0.39, 0.29) is 23.5 Å². The molecule has 1 aromatic heterocycles. The number of carbonyl (C=O) groups excluding carboxylic acids is 1. The average molecular weight is 443 g/mol. The van der Waals surface area contributed by atoms with E-state index in [0.29, 0.717) is 17.4 Å². The zero-order valence-corrected chi connectivity index (χ0v) is 18.1. The van der Waals surface area contributed by atoms with E-state index in [2.05, 4.69) is 10.3 Å². The Morgan fingerprint density at radius 1 is 1.10 bits per heavy atom. The molecule has 1 N–H and O–H groups in total. The van der Waals surface area contributed by atoms with Crippen LogP contribution >= 0.6 is 11.8 Å². The van der Waals surface area contributed by atoms with Crippen molar-refractivity contribution in [1.29, 1.82) is 0 Å². The van der Waals surface area contributed by atoms with Crippen molar-refractivity contribution in [2.45, 2.75) is 29.9 Å². The van der Waals surface area contributed by atoms with E-state index in [1.807, 2.05) is 60.7 Å². The highest BCUT2D eigenvalue weighted by Crippen LogP contribution is 2.36. The van der Waals surface area contributed by atoms with Crippen LogP contribution in [0.3, 0.4) is 0 Å².